The van der Waals surface area contributed by atoms with Gasteiger partial charge in [-0.05, 0) is 48.0 Å². The first-order chi connectivity index (χ1) is 14.1. The third-order valence-corrected chi connectivity index (χ3v) is 5.30. The van der Waals surface area contributed by atoms with Crippen LogP contribution in [-0.2, 0) is 0 Å². The maximum atomic E-state index is 11.2. The fourth-order valence-corrected chi connectivity index (χ4v) is 3.69. The fourth-order valence-electron chi connectivity index (χ4n) is 3.45. The Morgan fingerprint density at radius 2 is 1.76 bits per heavy atom. The van der Waals surface area contributed by atoms with Crippen molar-refractivity contribution >= 4 is 29.0 Å². The molecule has 1 atom stereocenters. The van der Waals surface area contributed by atoms with Crippen molar-refractivity contribution in [3.63, 3.8) is 0 Å². The van der Waals surface area contributed by atoms with E-state index in [9.17, 15) is 9.90 Å². The lowest BCUT2D eigenvalue weighted by atomic mass is 9.98. The Morgan fingerprint density at radius 1 is 1.07 bits per heavy atom. The summed E-state index contributed by atoms with van der Waals surface area (Å²) < 4.78 is 5.27. The van der Waals surface area contributed by atoms with Crippen LogP contribution in [0, 0.1) is 0 Å². The minimum absolute atomic E-state index is 0.0390. The number of anilines is 1. The number of hydrogen-bond donors (Lipinski definition) is 1. The molecular weight excluding hydrogens is 388 g/mol. The zero-order chi connectivity index (χ0) is 20.4. The van der Waals surface area contributed by atoms with Gasteiger partial charge in [-0.2, -0.15) is 5.10 Å². The summed E-state index contributed by atoms with van der Waals surface area (Å²) in [5.41, 5.74) is 3.93. The summed E-state index contributed by atoms with van der Waals surface area (Å²) >= 11 is 6.41. The number of carboxylic acids is 1. The minimum Gasteiger partial charge on any atom is -0.497 e. The number of ether oxygens (including phenoxy) is 1. The Morgan fingerprint density at radius 3 is 2.38 bits per heavy atom. The molecule has 0 saturated carbocycles. The summed E-state index contributed by atoms with van der Waals surface area (Å²) in [7, 11) is 1.64. The predicted octanol–water partition coefficient (Wildman–Crippen LogP) is 5.40. The van der Waals surface area contributed by atoms with Crippen LogP contribution in [0.4, 0.5) is 5.69 Å². The molecule has 5 nitrogen and oxygen atoms in total. The predicted molar refractivity (Wildman–Crippen MR) is 114 cm³/mol. The van der Waals surface area contributed by atoms with Gasteiger partial charge in [-0.3, -0.25) is 5.01 Å². The SMILES string of the molecule is COc1ccc(C2CC(c3ccccc3Cl)=NN2c2ccc(C(=O)O)cc2)cc1. The Hall–Kier alpha value is -3.31. The number of rotatable bonds is 5. The van der Waals surface area contributed by atoms with E-state index in [0.29, 0.717) is 11.4 Å². The Kier molecular flexibility index (Phi) is 5.23. The molecule has 0 bridgehead atoms. The van der Waals surface area contributed by atoms with Crippen LogP contribution in [0.15, 0.2) is 77.9 Å². The molecule has 0 spiro atoms. The highest BCUT2D eigenvalue weighted by Crippen LogP contribution is 2.38. The van der Waals surface area contributed by atoms with E-state index in [0.717, 1.165) is 28.3 Å². The Bertz CT molecular complexity index is 1060. The number of nitrogens with zero attached hydrogens (tertiary/aromatic N) is 2. The molecule has 3 aromatic rings. The smallest absolute Gasteiger partial charge is 0.335 e. The molecule has 3 aromatic carbocycles. The number of halogens is 1. The van der Waals surface area contributed by atoms with Gasteiger partial charge < -0.3 is 9.84 Å². The number of hydrogen-bond acceptors (Lipinski definition) is 4. The summed E-state index contributed by atoms with van der Waals surface area (Å²) in [5, 5.41) is 16.6. The third kappa shape index (κ3) is 3.82. The molecule has 6 heteroatoms. The number of carbonyl (C=O) groups is 1. The van der Waals surface area contributed by atoms with Crippen molar-refractivity contribution in [2.24, 2.45) is 5.10 Å². The maximum Gasteiger partial charge on any atom is 0.335 e. The number of hydrazone groups is 1. The molecule has 1 unspecified atom stereocenters. The molecule has 0 aromatic heterocycles. The lowest BCUT2D eigenvalue weighted by molar-refractivity contribution is 0.0697. The second kappa shape index (κ2) is 7.97. The van der Waals surface area contributed by atoms with Crippen LogP contribution in [-0.4, -0.2) is 23.9 Å². The van der Waals surface area contributed by atoms with Gasteiger partial charge >= 0.3 is 5.97 Å². The summed E-state index contributed by atoms with van der Waals surface area (Å²) in [6.07, 6.45) is 0.677. The van der Waals surface area contributed by atoms with Gasteiger partial charge in [0.25, 0.3) is 0 Å². The molecule has 1 heterocycles. The molecule has 146 valence electrons. The molecule has 1 aliphatic heterocycles. The topological polar surface area (TPSA) is 62.1 Å². The van der Waals surface area contributed by atoms with Gasteiger partial charge in [-0.15, -0.1) is 0 Å². The fraction of sp³-hybridized carbons (Fsp3) is 0.130. The molecule has 0 radical (unpaired) electrons. The average molecular weight is 407 g/mol. The van der Waals surface area contributed by atoms with Gasteiger partial charge in [0.1, 0.15) is 5.75 Å². The van der Waals surface area contributed by atoms with Crippen LogP contribution in [0.3, 0.4) is 0 Å². The van der Waals surface area contributed by atoms with Crippen molar-refractivity contribution in [3.8, 4) is 5.75 Å². The van der Waals surface area contributed by atoms with E-state index in [1.807, 2.05) is 53.5 Å². The standard InChI is InChI=1S/C23H19ClN2O3/c1-29-18-12-8-15(9-13-18)22-14-21(19-4-2-3-5-20(19)24)25-26(22)17-10-6-16(7-11-17)23(27)28/h2-13,22H,14H2,1H3,(H,27,28). The lowest BCUT2D eigenvalue weighted by Gasteiger charge is -2.24. The largest absolute Gasteiger partial charge is 0.497 e. The summed E-state index contributed by atoms with van der Waals surface area (Å²) in [4.78, 5) is 11.2. The van der Waals surface area contributed by atoms with E-state index < -0.39 is 5.97 Å². The maximum absolute atomic E-state index is 11.2. The summed E-state index contributed by atoms with van der Waals surface area (Å²) in [5.74, 6) is -0.165. The van der Waals surface area contributed by atoms with Gasteiger partial charge in [0.05, 0.1) is 30.1 Å². The van der Waals surface area contributed by atoms with Crippen LogP contribution in [0.5, 0.6) is 5.75 Å². The van der Waals surface area contributed by atoms with Crippen molar-refractivity contribution in [1.82, 2.24) is 0 Å². The molecular formula is C23H19ClN2O3. The minimum atomic E-state index is -0.954. The van der Waals surface area contributed by atoms with Gasteiger partial charge in [0, 0.05) is 17.0 Å². The molecule has 1 N–H and O–H groups in total. The Balaban J connectivity index is 1.74. The second-order valence-electron chi connectivity index (χ2n) is 6.72. The highest BCUT2D eigenvalue weighted by molar-refractivity contribution is 6.34. The monoisotopic (exact) mass is 406 g/mol. The van der Waals surface area contributed by atoms with E-state index >= 15 is 0 Å². The van der Waals surface area contributed by atoms with E-state index in [-0.39, 0.29) is 11.6 Å². The van der Waals surface area contributed by atoms with Crippen LogP contribution in [0.1, 0.15) is 33.9 Å². The van der Waals surface area contributed by atoms with E-state index in [4.69, 9.17) is 21.4 Å². The zero-order valence-corrected chi connectivity index (χ0v) is 16.5. The van der Waals surface area contributed by atoms with Crippen LogP contribution in [0.25, 0.3) is 0 Å². The molecule has 0 aliphatic carbocycles. The highest BCUT2D eigenvalue weighted by Gasteiger charge is 2.30. The first-order valence-corrected chi connectivity index (χ1v) is 9.53. The van der Waals surface area contributed by atoms with Crippen molar-refractivity contribution < 1.29 is 14.6 Å². The second-order valence-corrected chi connectivity index (χ2v) is 7.12. The van der Waals surface area contributed by atoms with Crippen molar-refractivity contribution in [2.45, 2.75) is 12.5 Å². The number of benzene rings is 3. The number of aromatic carboxylic acids is 1. The van der Waals surface area contributed by atoms with Gasteiger partial charge in [-0.1, -0.05) is 41.9 Å². The number of carboxylic acid groups (broad SMARTS) is 1. The van der Waals surface area contributed by atoms with Gasteiger partial charge in [-0.25, -0.2) is 4.79 Å². The lowest BCUT2D eigenvalue weighted by Crippen LogP contribution is -2.18. The Labute approximate surface area is 173 Å². The number of methoxy groups -OCH3 is 1. The summed E-state index contributed by atoms with van der Waals surface area (Å²) in [6.45, 7) is 0. The molecule has 29 heavy (non-hydrogen) atoms. The molecule has 1 aliphatic rings. The van der Waals surface area contributed by atoms with Crippen LogP contribution < -0.4 is 9.75 Å². The average Bonchev–Trinajstić information content (AvgIpc) is 3.19. The quantitative estimate of drug-likeness (QED) is 0.616. The zero-order valence-electron chi connectivity index (χ0n) is 15.7. The summed E-state index contributed by atoms with van der Waals surface area (Å²) in [6, 6.07) is 22.2. The van der Waals surface area contributed by atoms with E-state index in [2.05, 4.69) is 0 Å². The van der Waals surface area contributed by atoms with E-state index in [1.54, 1.807) is 31.4 Å². The highest BCUT2D eigenvalue weighted by atomic mass is 35.5. The van der Waals surface area contributed by atoms with E-state index in [1.165, 1.54) is 0 Å². The van der Waals surface area contributed by atoms with Crippen molar-refractivity contribution in [2.75, 3.05) is 12.1 Å². The first kappa shape index (κ1) is 19.0. The van der Waals surface area contributed by atoms with Crippen molar-refractivity contribution in [3.05, 3.63) is 94.5 Å². The molecule has 0 fully saturated rings. The van der Waals surface area contributed by atoms with Gasteiger partial charge in [0.15, 0.2) is 0 Å². The van der Waals surface area contributed by atoms with Crippen LogP contribution in [0.2, 0.25) is 5.02 Å². The van der Waals surface area contributed by atoms with Crippen LogP contribution >= 0.6 is 11.6 Å². The third-order valence-electron chi connectivity index (χ3n) is 4.97. The van der Waals surface area contributed by atoms with Gasteiger partial charge in [0.2, 0.25) is 0 Å². The molecule has 4 rings (SSSR count). The van der Waals surface area contributed by atoms with Crippen molar-refractivity contribution in [1.29, 1.82) is 0 Å². The first-order valence-electron chi connectivity index (χ1n) is 9.16. The molecule has 0 saturated heterocycles. The molecule has 0 amide bonds. The normalized spacial score (nSPS) is 15.9.